The molecule has 25 heavy (non-hydrogen) atoms. The molecule has 2 N–H and O–H groups in total. The molecule has 0 bridgehead atoms. The third-order valence-electron chi connectivity index (χ3n) is 3.32. The second-order valence-corrected chi connectivity index (χ2v) is 4.88. The van der Waals surface area contributed by atoms with Gasteiger partial charge in [0.25, 0.3) is 0 Å². The van der Waals surface area contributed by atoms with Gasteiger partial charge in [-0.2, -0.15) is 0 Å². The molecule has 3 rings (SSSR count). The van der Waals surface area contributed by atoms with Crippen molar-refractivity contribution < 1.29 is 14.3 Å². The number of hydrogen-bond acceptors (Lipinski definition) is 6. The van der Waals surface area contributed by atoms with E-state index in [1.807, 2.05) is 0 Å². The SMILES string of the molecule is COc1ccc(OC)c(NC(=O)Nc2cc(-n3ccnc3)ncn2)c1. The molecule has 0 aliphatic heterocycles. The van der Waals surface area contributed by atoms with Crippen LogP contribution < -0.4 is 20.1 Å². The van der Waals surface area contributed by atoms with E-state index in [0.717, 1.165) is 0 Å². The number of methoxy groups -OCH3 is 2. The second kappa shape index (κ2) is 7.30. The zero-order valence-electron chi connectivity index (χ0n) is 13.6. The molecule has 0 saturated heterocycles. The van der Waals surface area contributed by atoms with E-state index in [1.165, 1.54) is 13.4 Å². The molecule has 9 nitrogen and oxygen atoms in total. The Bertz CT molecular complexity index is 866. The van der Waals surface area contributed by atoms with E-state index in [4.69, 9.17) is 9.47 Å². The maximum Gasteiger partial charge on any atom is 0.324 e. The number of anilines is 2. The highest BCUT2D eigenvalue weighted by molar-refractivity contribution is 6.00. The number of imidazole rings is 1. The number of rotatable bonds is 5. The number of nitrogens with zero attached hydrogens (tertiary/aromatic N) is 4. The van der Waals surface area contributed by atoms with Gasteiger partial charge >= 0.3 is 6.03 Å². The fraction of sp³-hybridized carbons (Fsp3) is 0.125. The minimum Gasteiger partial charge on any atom is -0.497 e. The van der Waals surface area contributed by atoms with Gasteiger partial charge in [-0.15, -0.1) is 0 Å². The summed E-state index contributed by atoms with van der Waals surface area (Å²) in [5, 5.41) is 5.35. The summed E-state index contributed by atoms with van der Waals surface area (Å²) in [7, 11) is 3.07. The van der Waals surface area contributed by atoms with Crippen molar-refractivity contribution >= 4 is 17.5 Å². The number of ether oxygens (including phenoxy) is 2. The molecular formula is C16H16N6O3. The van der Waals surface area contributed by atoms with Gasteiger partial charge in [0.1, 0.15) is 35.8 Å². The summed E-state index contributed by atoms with van der Waals surface area (Å²) in [4.78, 5) is 24.4. The van der Waals surface area contributed by atoms with Crippen molar-refractivity contribution in [3.05, 3.63) is 49.3 Å². The van der Waals surface area contributed by atoms with Crippen molar-refractivity contribution in [1.82, 2.24) is 19.5 Å². The molecule has 0 aliphatic rings. The van der Waals surface area contributed by atoms with Gasteiger partial charge in [0.2, 0.25) is 0 Å². The summed E-state index contributed by atoms with van der Waals surface area (Å²) in [6.45, 7) is 0. The molecule has 9 heteroatoms. The van der Waals surface area contributed by atoms with Gasteiger partial charge in [0.05, 0.1) is 19.9 Å². The average molecular weight is 340 g/mol. The van der Waals surface area contributed by atoms with Crippen LogP contribution in [0, 0.1) is 0 Å². The van der Waals surface area contributed by atoms with Crippen molar-refractivity contribution in [3.8, 4) is 17.3 Å². The fourth-order valence-corrected chi connectivity index (χ4v) is 2.13. The van der Waals surface area contributed by atoms with Crippen LogP contribution in [0.5, 0.6) is 11.5 Å². The van der Waals surface area contributed by atoms with Crippen LogP contribution in [0.4, 0.5) is 16.3 Å². The molecule has 1 aromatic carbocycles. The van der Waals surface area contributed by atoms with Gasteiger partial charge in [-0.1, -0.05) is 0 Å². The van der Waals surface area contributed by atoms with E-state index in [1.54, 1.807) is 54.7 Å². The monoisotopic (exact) mass is 340 g/mol. The molecule has 0 spiro atoms. The molecule has 3 aromatic rings. The number of hydrogen-bond donors (Lipinski definition) is 2. The van der Waals surface area contributed by atoms with Crippen LogP contribution in [0.3, 0.4) is 0 Å². The van der Waals surface area contributed by atoms with Crippen molar-refractivity contribution in [2.75, 3.05) is 24.9 Å². The highest BCUT2D eigenvalue weighted by Gasteiger charge is 2.10. The topological polar surface area (TPSA) is 103 Å². The predicted molar refractivity (Wildman–Crippen MR) is 91.3 cm³/mol. The maximum atomic E-state index is 12.2. The Morgan fingerprint density at radius 2 is 2.00 bits per heavy atom. The number of amides is 2. The third-order valence-corrected chi connectivity index (χ3v) is 3.32. The number of aromatic nitrogens is 4. The van der Waals surface area contributed by atoms with E-state index >= 15 is 0 Å². The fourth-order valence-electron chi connectivity index (χ4n) is 2.13. The lowest BCUT2D eigenvalue weighted by Gasteiger charge is -2.12. The molecule has 2 aromatic heterocycles. The lowest BCUT2D eigenvalue weighted by molar-refractivity contribution is 0.262. The molecule has 2 amide bonds. The summed E-state index contributed by atoms with van der Waals surface area (Å²) in [6.07, 6.45) is 6.34. The van der Waals surface area contributed by atoms with Crippen molar-refractivity contribution in [2.45, 2.75) is 0 Å². The van der Waals surface area contributed by atoms with Crippen LogP contribution in [0.2, 0.25) is 0 Å². The van der Waals surface area contributed by atoms with E-state index in [2.05, 4.69) is 25.6 Å². The van der Waals surface area contributed by atoms with Crippen molar-refractivity contribution in [2.24, 2.45) is 0 Å². The van der Waals surface area contributed by atoms with Gasteiger partial charge in [-0.3, -0.25) is 9.88 Å². The van der Waals surface area contributed by atoms with E-state index in [9.17, 15) is 4.79 Å². The highest BCUT2D eigenvalue weighted by atomic mass is 16.5. The predicted octanol–water partition coefficient (Wildman–Crippen LogP) is 2.32. The molecule has 2 heterocycles. The Balaban J connectivity index is 1.74. The molecule has 0 radical (unpaired) electrons. The van der Waals surface area contributed by atoms with Crippen molar-refractivity contribution in [1.29, 1.82) is 0 Å². The Morgan fingerprint density at radius 3 is 2.72 bits per heavy atom. The largest absolute Gasteiger partial charge is 0.497 e. The zero-order chi connectivity index (χ0) is 17.6. The van der Waals surface area contributed by atoms with Crippen LogP contribution >= 0.6 is 0 Å². The standard InChI is InChI=1S/C16H16N6O3/c1-24-11-3-4-13(25-2)12(7-11)20-16(23)21-14-8-15(19-9-18-14)22-6-5-17-10-22/h3-10H,1-2H3,(H2,18,19,20,21,23). The molecule has 0 fully saturated rings. The minimum absolute atomic E-state index is 0.345. The summed E-state index contributed by atoms with van der Waals surface area (Å²) in [6, 6.07) is 6.26. The van der Waals surface area contributed by atoms with Crippen molar-refractivity contribution in [3.63, 3.8) is 0 Å². The molecule has 128 valence electrons. The smallest absolute Gasteiger partial charge is 0.324 e. The number of benzene rings is 1. The van der Waals surface area contributed by atoms with E-state index in [0.29, 0.717) is 28.8 Å². The highest BCUT2D eigenvalue weighted by Crippen LogP contribution is 2.28. The first-order valence-corrected chi connectivity index (χ1v) is 7.30. The van der Waals surface area contributed by atoms with Crippen LogP contribution in [-0.4, -0.2) is 39.8 Å². The molecular weight excluding hydrogens is 324 g/mol. The molecule has 0 aliphatic carbocycles. The molecule has 0 saturated carbocycles. The van der Waals surface area contributed by atoms with Gasteiger partial charge in [-0.25, -0.2) is 19.7 Å². The van der Waals surface area contributed by atoms with Gasteiger partial charge in [0, 0.05) is 24.5 Å². The second-order valence-electron chi connectivity index (χ2n) is 4.88. The Hall–Kier alpha value is -3.62. The van der Waals surface area contributed by atoms with Crippen LogP contribution in [-0.2, 0) is 0 Å². The normalized spacial score (nSPS) is 10.2. The minimum atomic E-state index is -0.471. The average Bonchev–Trinajstić information content (AvgIpc) is 3.16. The van der Waals surface area contributed by atoms with Gasteiger partial charge in [0.15, 0.2) is 0 Å². The van der Waals surface area contributed by atoms with Crippen LogP contribution in [0.15, 0.2) is 49.3 Å². The quantitative estimate of drug-likeness (QED) is 0.739. The third kappa shape index (κ3) is 3.83. The summed E-state index contributed by atoms with van der Waals surface area (Å²) < 4.78 is 12.1. The Kier molecular flexibility index (Phi) is 4.74. The number of nitrogens with one attached hydrogen (secondary N) is 2. The lowest BCUT2D eigenvalue weighted by atomic mass is 10.2. The number of urea groups is 1. The lowest BCUT2D eigenvalue weighted by Crippen LogP contribution is -2.20. The summed E-state index contributed by atoms with van der Waals surface area (Å²) in [5.74, 6) is 2.04. The van der Waals surface area contributed by atoms with E-state index in [-0.39, 0.29) is 0 Å². The van der Waals surface area contributed by atoms with Crippen LogP contribution in [0.25, 0.3) is 5.82 Å². The van der Waals surface area contributed by atoms with Gasteiger partial charge in [-0.05, 0) is 12.1 Å². The summed E-state index contributed by atoms with van der Waals surface area (Å²) >= 11 is 0. The zero-order valence-corrected chi connectivity index (χ0v) is 13.6. The molecule has 0 atom stereocenters. The first-order chi connectivity index (χ1) is 12.2. The Labute approximate surface area is 143 Å². The number of carbonyl (C=O) groups is 1. The maximum absolute atomic E-state index is 12.2. The van der Waals surface area contributed by atoms with Gasteiger partial charge < -0.3 is 14.8 Å². The van der Waals surface area contributed by atoms with E-state index < -0.39 is 6.03 Å². The number of carbonyl (C=O) groups excluding carboxylic acids is 1. The first-order valence-electron chi connectivity index (χ1n) is 7.30. The molecule has 0 unspecified atom stereocenters. The van der Waals surface area contributed by atoms with Crippen LogP contribution in [0.1, 0.15) is 0 Å². The first kappa shape index (κ1) is 16.2. The Morgan fingerprint density at radius 1 is 1.12 bits per heavy atom. The summed E-state index contributed by atoms with van der Waals surface area (Å²) in [5.41, 5.74) is 0.475.